The van der Waals surface area contributed by atoms with E-state index in [0.717, 1.165) is 11.3 Å². The first-order chi connectivity index (χ1) is 15.8. The third kappa shape index (κ3) is 4.66. The molecule has 3 heterocycles. The highest BCUT2D eigenvalue weighted by Crippen LogP contribution is 2.33. The van der Waals surface area contributed by atoms with E-state index >= 15 is 0 Å². The molecule has 0 amide bonds. The molecule has 4 rings (SSSR count). The van der Waals surface area contributed by atoms with Gasteiger partial charge in [-0.05, 0) is 44.2 Å². The lowest BCUT2D eigenvalue weighted by Gasteiger charge is -2.17. The Kier molecular flexibility index (Phi) is 5.77. The van der Waals surface area contributed by atoms with E-state index in [1.54, 1.807) is 49.0 Å². The van der Waals surface area contributed by atoms with Gasteiger partial charge in [-0.25, -0.2) is 9.97 Å². The number of methoxy groups -OCH3 is 1. The Morgan fingerprint density at radius 1 is 1.12 bits per heavy atom. The molecule has 0 fully saturated rings. The Bertz CT molecular complexity index is 1350. The van der Waals surface area contributed by atoms with Crippen LogP contribution in [0.3, 0.4) is 0 Å². The minimum atomic E-state index is -1.02. The standard InChI is InChI=1S/C24H23N7O2/c1-24(2,32)21-9-5-7-17(28-21)14-31-13-16(12-27-31)19-10-20(30-23(26)29-19)18-8-4-6-15(11-25)22(18)33-3/h4-10,12-13,32H,14H2,1-3H3,(H2,26,29,30). The second-order valence-corrected chi connectivity index (χ2v) is 7.99. The minimum Gasteiger partial charge on any atom is -0.495 e. The summed E-state index contributed by atoms with van der Waals surface area (Å²) in [5, 5.41) is 24.0. The number of hydrogen-bond donors (Lipinski definition) is 2. The van der Waals surface area contributed by atoms with Gasteiger partial charge in [0.15, 0.2) is 0 Å². The van der Waals surface area contributed by atoms with Crippen LogP contribution in [-0.2, 0) is 12.1 Å². The first-order valence-corrected chi connectivity index (χ1v) is 10.2. The van der Waals surface area contributed by atoms with Crippen LogP contribution in [0.1, 0.15) is 30.8 Å². The van der Waals surface area contributed by atoms with Crippen LogP contribution in [0.25, 0.3) is 22.5 Å². The molecule has 9 heteroatoms. The number of aliphatic hydroxyl groups is 1. The smallest absolute Gasteiger partial charge is 0.221 e. The van der Waals surface area contributed by atoms with Crippen LogP contribution in [0.5, 0.6) is 5.75 Å². The summed E-state index contributed by atoms with van der Waals surface area (Å²) in [4.78, 5) is 13.2. The zero-order valence-corrected chi connectivity index (χ0v) is 18.5. The van der Waals surface area contributed by atoms with Gasteiger partial charge in [-0.2, -0.15) is 10.4 Å². The predicted octanol–water partition coefficient (Wildman–Crippen LogP) is 3.14. The van der Waals surface area contributed by atoms with Crippen molar-refractivity contribution in [1.29, 1.82) is 5.26 Å². The van der Waals surface area contributed by atoms with Gasteiger partial charge in [0.25, 0.3) is 0 Å². The number of nitrogens with zero attached hydrogens (tertiary/aromatic N) is 6. The van der Waals surface area contributed by atoms with Crippen molar-refractivity contribution in [2.45, 2.75) is 26.0 Å². The van der Waals surface area contributed by atoms with Gasteiger partial charge in [-0.15, -0.1) is 0 Å². The Balaban J connectivity index is 1.66. The molecule has 0 aliphatic heterocycles. The second kappa shape index (κ2) is 8.68. The molecule has 0 radical (unpaired) electrons. The predicted molar refractivity (Wildman–Crippen MR) is 123 cm³/mol. The van der Waals surface area contributed by atoms with Crippen LogP contribution in [0.4, 0.5) is 5.95 Å². The molecular weight excluding hydrogens is 418 g/mol. The van der Waals surface area contributed by atoms with Crippen molar-refractivity contribution >= 4 is 5.95 Å². The normalized spacial score (nSPS) is 11.2. The van der Waals surface area contributed by atoms with Gasteiger partial charge >= 0.3 is 0 Å². The molecule has 0 bridgehead atoms. The van der Waals surface area contributed by atoms with E-state index in [4.69, 9.17) is 10.5 Å². The highest BCUT2D eigenvalue weighted by atomic mass is 16.5. The summed E-state index contributed by atoms with van der Waals surface area (Å²) in [7, 11) is 1.51. The zero-order chi connectivity index (χ0) is 23.6. The molecule has 33 heavy (non-hydrogen) atoms. The molecule has 0 aliphatic carbocycles. The van der Waals surface area contributed by atoms with Crippen LogP contribution in [0.2, 0.25) is 0 Å². The summed E-state index contributed by atoms with van der Waals surface area (Å²) in [6, 6.07) is 14.7. The van der Waals surface area contributed by atoms with Gasteiger partial charge in [0, 0.05) is 17.3 Å². The summed E-state index contributed by atoms with van der Waals surface area (Å²) >= 11 is 0. The highest BCUT2D eigenvalue weighted by molar-refractivity contribution is 5.75. The monoisotopic (exact) mass is 441 g/mol. The first kappa shape index (κ1) is 21.9. The Labute approximate surface area is 191 Å². The number of nitrogens with two attached hydrogens (primary N) is 1. The highest BCUT2D eigenvalue weighted by Gasteiger charge is 2.18. The topological polar surface area (TPSA) is 136 Å². The third-order valence-corrected chi connectivity index (χ3v) is 5.05. The average molecular weight is 441 g/mol. The molecule has 3 aromatic heterocycles. The Morgan fingerprint density at radius 2 is 1.88 bits per heavy atom. The minimum absolute atomic E-state index is 0.0965. The number of ether oxygens (including phenoxy) is 1. The number of pyridine rings is 1. The van der Waals surface area contributed by atoms with Crippen LogP contribution in [-0.4, -0.2) is 36.9 Å². The number of aromatic nitrogens is 5. The largest absolute Gasteiger partial charge is 0.495 e. The maximum absolute atomic E-state index is 10.2. The summed E-state index contributed by atoms with van der Waals surface area (Å²) in [6.07, 6.45) is 3.53. The second-order valence-electron chi connectivity index (χ2n) is 7.99. The maximum Gasteiger partial charge on any atom is 0.221 e. The molecule has 0 saturated heterocycles. The van der Waals surface area contributed by atoms with E-state index in [0.29, 0.717) is 40.5 Å². The van der Waals surface area contributed by atoms with Crippen molar-refractivity contribution in [3.8, 4) is 34.3 Å². The van der Waals surface area contributed by atoms with Crippen molar-refractivity contribution in [2.75, 3.05) is 12.8 Å². The van der Waals surface area contributed by atoms with Crippen molar-refractivity contribution in [2.24, 2.45) is 0 Å². The van der Waals surface area contributed by atoms with Crippen molar-refractivity contribution in [1.82, 2.24) is 24.7 Å². The summed E-state index contributed by atoms with van der Waals surface area (Å²) < 4.78 is 7.18. The number of hydrogen-bond acceptors (Lipinski definition) is 8. The number of nitriles is 1. The third-order valence-electron chi connectivity index (χ3n) is 5.05. The van der Waals surface area contributed by atoms with Gasteiger partial charge < -0.3 is 15.6 Å². The summed E-state index contributed by atoms with van der Waals surface area (Å²) in [6.45, 7) is 3.82. The molecule has 9 nitrogen and oxygen atoms in total. The SMILES string of the molecule is COc1c(C#N)cccc1-c1cc(-c2cnn(Cc3cccc(C(C)(C)O)n3)c2)nc(N)n1. The molecule has 166 valence electrons. The quantitative estimate of drug-likeness (QED) is 0.466. The van der Waals surface area contributed by atoms with Gasteiger partial charge in [0.1, 0.15) is 17.4 Å². The molecule has 0 aliphatic rings. The lowest BCUT2D eigenvalue weighted by Crippen LogP contribution is -2.18. The summed E-state index contributed by atoms with van der Waals surface area (Å²) in [5.41, 5.74) is 9.26. The zero-order valence-electron chi connectivity index (χ0n) is 18.5. The molecule has 0 saturated carbocycles. The Morgan fingerprint density at radius 3 is 2.61 bits per heavy atom. The lowest BCUT2D eigenvalue weighted by atomic mass is 10.0. The van der Waals surface area contributed by atoms with Crippen LogP contribution < -0.4 is 10.5 Å². The maximum atomic E-state index is 10.2. The number of rotatable bonds is 6. The van der Waals surface area contributed by atoms with E-state index < -0.39 is 5.60 Å². The molecule has 3 N–H and O–H groups in total. The van der Waals surface area contributed by atoms with Crippen molar-refractivity contribution < 1.29 is 9.84 Å². The fraction of sp³-hybridized carbons (Fsp3) is 0.208. The lowest BCUT2D eigenvalue weighted by molar-refractivity contribution is 0.0736. The molecule has 1 aromatic carbocycles. The van der Waals surface area contributed by atoms with Crippen molar-refractivity contribution in [3.05, 3.63) is 71.8 Å². The molecule has 0 unspecified atom stereocenters. The number of benzene rings is 1. The number of nitrogen functional groups attached to an aromatic ring is 1. The average Bonchev–Trinajstić information content (AvgIpc) is 3.26. The van der Waals surface area contributed by atoms with Crippen molar-refractivity contribution in [3.63, 3.8) is 0 Å². The van der Waals surface area contributed by atoms with Crippen LogP contribution >= 0.6 is 0 Å². The molecular formula is C24H23N7O2. The number of para-hydroxylation sites is 1. The van der Waals surface area contributed by atoms with E-state index in [1.165, 1.54) is 7.11 Å². The van der Waals surface area contributed by atoms with Crippen LogP contribution in [0.15, 0.2) is 54.9 Å². The first-order valence-electron chi connectivity index (χ1n) is 10.2. The van der Waals surface area contributed by atoms with E-state index in [2.05, 4.69) is 26.1 Å². The molecule has 4 aromatic rings. The van der Waals surface area contributed by atoms with E-state index in [-0.39, 0.29) is 5.95 Å². The van der Waals surface area contributed by atoms with Gasteiger partial charge in [-0.1, -0.05) is 12.1 Å². The molecule has 0 atom stereocenters. The van der Waals surface area contributed by atoms with Gasteiger partial charge in [-0.3, -0.25) is 9.67 Å². The number of anilines is 1. The van der Waals surface area contributed by atoms with E-state index in [9.17, 15) is 10.4 Å². The fourth-order valence-electron chi connectivity index (χ4n) is 3.46. The summed E-state index contributed by atoms with van der Waals surface area (Å²) in [5.74, 6) is 0.525. The Hall–Kier alpha value is -4.29. The van der Waals surface area contributed by atoms with Crippen LogP contribution in [0, 0.1) is 11.3 Å². The fourth-order valence-corrected chi connectivity index (χ4v) is 3.46. The van der Waals surface area contributed by atoms with Gasteiger partial charge in [0.05, 0.1) is 48.2 Å². The molecule has 0 spiro atoms. The van der Waals surface area contributed by atoms with Gasteiger partial charge in [0.2, 0.25) is 5.95 Å². The van der Waals surface area contributed by atoms with E-state index in [1.807, 2.05) is 24.4 Å².